The number of likely N-dealkylation sites (tertiary alicyclic amines) is 1. The quantitative estimate of drug-likeness (QED) is 0.743. The lowest BCUT2D eigenvalue weighted by molar-refractivity contribution is -0.145. The van der Waals surface area contributed by atoms with Crippen molar-refractivity contribution in [2.75, 3.05) is 6.54 Å². The molecule has 0 aromatic carbocycles. The molecule has 0 bridgehead atoms. The highest BCUT2D eigenvalue weighted by Crippen LogP contribution is 2.28. The molecule has 1 heterocycles. The lowest BCUT2D eigenvalue weighted by atomic mass is 9.87. The predicted molar refractivity (Wildman–Crippen MR) is 68.7 cm³/mol. The van der Waals surface area contributed by atoms with Crippen LogP contribution in [0.25, 0.3) is 0 Å². The summed E-state index contributed by atoms with van der Waals surface area (Å²) in [4.78, 5) is 25.4. The fourth-order valence-electron chi connectivity index (χ4n) is 2.09. The third kappa shape index (κ3) is 4.14. The number of nitrogens with zero attached hydrogens (tertiary/aromatic N) is 1. The number of hydrogen-bond donors (Lipinski definition) is 0. The Morgan fingerprint density at radius 2 is 1.94 bits per heavy atom. The zero-order chi connectivity index (χ0) is 13.3. The molecule has 0 aromatic heterocycles. The van der Waals surface area contributed by atoms with E-state index in [1.54, 1.807) is 4.90 Å². The molecule has 0 radical (unpaired) electrons. The number of carbonyl (C=O) groups is 2. The molecule has 0 saturated carbocycles. The molecular formula is C14H25NO2. The summed E-state index contributed by atoms with van der Waals surface area (Å²) in [6, 6.07) is 0. The van der Waals surface area contributed by atoms with E-state index in [1.807, 2.05) is 0 Å². The predicted octanol–water partition coefficient (Wildman–Crippen LogP) is 2.78. The van der Waals surface area contributed by atoms with Crippen molar-refractivity contribution < 1.29 is 9.59 Å². The molecular weight excluding hydrogens is 214 g/mol. The normalized spacial score (nSPS) is 20.5. The standard InChI is InChI=1S/C14H25NO2/c1-13(2,3)8-7-12(17)15-10-11(16)6-9-14(15,4)5/h6-10H2,1-5H3. The van der Waals surface area contributed by atoms with Crippen molar-refractivity contribution in [3.8, 4) is 0 Å². The summed E-state index contributed by atoms with van der Waals surface area (Å²) >= 11 is 0. The third-order valence-corrected chi connectivity index (χ3v) is 3.47. The fourth-order valence-corrected chi connectivity index (χ4v) is 2.09. The highest BCUT2D eigenvalue weighted by atomic mass is 16.2. The summed E-state index contributed by atoms with van der Waals surface area (Å²) in [6.45, 7) is 10.8. The summed E-state index contributed by atoms with van der Waals surface area (Å²) < 4.78 is 0. The minimum atomic E-state index is -0.164. The first-order valence-electron chi connectivity index (χ1n) is 6.44. The van der Waals surface area contributed by atoms with Gasteiger partial charge in [0.2, 0.25) is 5.91 Å². The molecule has 17 heavy (non-hydrogen) atoms. The van der Waals surface area contributed by atoms with Crippen molar-refractivity contribution in [3.05, 3.63) is 0 Å². The Kier molecular flexibility index (Phi) is 4.00. The third-order valence-electron chi connectivity index (χ3n) is 3.47. The number of ketones is 1. The SMILES string of the molecule is CC(C)(C)CCC(=O)N1CC(=O)CCC1(C)C. The van der Waals surface area contributed by atoms with Crippen LogP contribution in [0.15, 0.2) is 0 Å². The van der Waals surface area contributed by atoms with Gasteiger partial charge in [0.25, 0.3) is 0 Å². The number of hydrogen-bond acceptors (Lipinski definition) is 2. The molecule has 1 rings (SSSR count). The largest absolute Gasteiger partial charge is 0.330 e. The van der Waals surface area contributed by atoms with Crippen LogP contribution < -0.4 is 0 Å². The minimum Gasteiger partial charge on any atom is -0.330 e. The van der Waals surface area contributed by atoms with Crippen LogP contribution in [0.2, 0.25) is 0 Å². The topological polar surface area (TPSA) is 37.4 Å². The second kappa shape index (κ2) is 4.79. The summed E-state index contributed by atoms with van der Waals surface area (Å²) in [5.74, 6) is 0.311. The van der Waals surface area contributed by atoms with Gasteiger partial charge in [0.1, 0.15) is 0 Å². The molecule has 1 amide bonds. The molecule has 3 heteroatoms. The van der Waals surface area contributed by atoms with Gasteiger partial charge in [-0.25, -0.2) is 0 Å². The summed E-state index contributed by atoms with van der Waals surface area (Å²) in [6.07, 6.45) is 2.80. The second-order valence-corrected chi connectivity index (χ2v) is 6.89. The van der Waals surface area contributed by atoms with Gasteiger partial charge in [-0.1, -0.05) is 20.8 Å². The molecule has 0 unspecified atom stereocenters. The van der Waals surface area contributed by atoms with Crippen molar-refractivity contribution in [1.82, 2.24) is 4.90 Å². The van der Waals surface area contributed by atoms with Crippen LogP contribution in [-0.4, -0.2) is 28.7 Å². The molecule has 0 aliphatic carbocycles. The van der Waals surface area contributed by atoms with E-state index in [0.717, 1.165) is 12.8 Å². The van der Waals surface area contributed by atoms with Gasteiger partial charge in [0, 0.05) is 18.4 Å². The van der Waals surface area contributed by atoms with E-state index in [9.17, 15) is 9.59 Å². The molecule has 1 aliphatic rings. The van der Waals surface area contributed by atoms with Crippen LogP contribution in [-0.2, 0) is 9.59 Å². The first-order valence-corrected chi connectivity index (χ1v) is 6.44. The maximum atomic E-state index is 12.2. The van der Waals surface area contributed by atoms with Crippen LogP contribution in [0.1, 0.15) is 60.3 Å². The molecule has 0 N–H and O–H groups in total. The number of rotatable bonds is 2. The number of carbonyl (C=O) groups excluding carboxylic acids is 2. The van der Waals surface area contributed by atoms with Gasteiger partial charge < -0.3 is 4.90 Å². The maximum absolute atomic E-state index is 12.2. The van der Waals surface area contributed by atoms with Crippen molar-refractivity contribution in [3.63, 3.8) is 0 Å². The molecule has 1 aliphatic heterocycles. The summed E-state index contributed by atoms with van der Waals surface area (Å²) in [5.41, 5.74) is 0.00246. The van der Waals surface area contributed by atoms with Gasteiger partial charge in [-0.2, -0.15) is 0 Å². The van der Waals surface area contributed by atoms with Crippen LogP contribution in [0.3, 0.4) is 0 Å². The average Bonchev–Trinajstić information content (AvgIpc) is 2.17. The molecule has 0 aromatic rings. The van der Waals surface area contributed by atoms with E-state index in [0.29, 0.717) is 19.4 Å². The van der Waals surface area contributed by atoms with Gasteiger partial charge in [-0.05, 0) is 32.1 Å². The Hall–Kier alpha value is -0.860. The molecule has 1 fully saturated rings. The van der Waals surface area contributed by atoms with Crippen LogP contribution >= 0.6 is 0 Å². The zero-order valence-electron chi connectivity index (χ0n) is 11.8. The van der Waals surface area contributed by atoms with Gasteiger partial charge in [-0.15, -0.1) is 0 Å². The van der Waals surface area contributed by atoms with E-state index in [2.05, 4.69) is 34.6 Å². The Labute approximate surface area is 105 Å². The smallest absolute Gasteiger partial charge is 0.223 e. The molecule has 98 valence electrons. The monoisotopic (exact) mass is 239 g/mol. The minimum absolute atomic E-state index is 0.123. The van der Waals surface area contributed by atoms with Crippen LogP contribution in [0.5, 0.6) is 0 Å². The van der Waals surface area contributed by atoms with E-state index in [-0.39, 0.29) is 22.6 Å². The number of Topliss-reactive ketones (excluding diaryl/α,β-unsaturated/α-hetero) is 1. The van der Waals surface area contributed by atoms with Crippen molar-refractivity contribution in [2.24, 2.45) is 5.41 Å². The highest BCUT2D eigenvalue weighted by Gasteiger charge is 2.36. The Balaban J connectivity index is 2.63. The lowest BCUT2D eigenvalue weighted by Crippen LogP contribution is -2.53. The van der Waals surface area contributed by atoms with Crippen LogP contribution in [0.4, 0.5) is 0 Å². The van der Waals surface area contributed by atoms with Crippen molar-refractivity contribution in [1.29, 1.82) is 0 Å². The average molecular weight is 239 g/mol. The molecule has 0 spiro atoms. The zero-order valence-corrected chi connectivity index (χ0v) is 11.8. The van der Waals surface area contributed by atoms with E-state index in [1.165, 1.54) is 0 Å². The first kappa shape index (κ1) is 14.2. The molecule has 1 saturated heterocycles. The Morgan fingerprint density at radius 3 is 2.47 bits per heavy atom. The lowest BCUT2D eigenvalue weighted by Gasteiger charge is -2.42. The number of amides is 1. The summed E-state index contributed by atoms with van der Waals surface area (Å²) in [5, 5.41) is 0. The Morgan fingerprint density at radius 1 is 1.35 bits per heavy atom. The fraction of sp³-hybridized carbons (Fsp3) is 0.857. The first-order chi connectivity index (χ1) is 7.62. The maximum Gasteiger partial charge on any atom is 0.223 e. The van der Waals surface area contributed by atoms with E-state index in [4.69, 9.17) is 0 Å². The van der Waals surface area contributed by atoms with Crippen molar-refractivity contribution in [2.45, 2.75) is 65.8 Å². The van der Waals surface area contributed by atoms with Crippen LogP contribution in [0, 0.1) is 5.41 Å². The molecule has 3 nitrogen and oxygen atoms in total. The van der Waals surface area contributed by atoms with Gasteiger partial charge in [0.15, 0.2) is 5.78 Å². The Bertz CT molecular complexity index is 313. The van der Waals surface area contributed by atoms with Crippen molar-refractivity contribution >= 4 is 11.7 Å². The van der Waals surface area contributed by atoms with E-state index < -0.39 is 0 Å². The summed E-state index contributed by atoms with van der Waals surface area (Å²) in [7, 11) is 0. The second-order valence-electron chi connectivity index (χ2n) is 6.89. The highest BCUT2D eigenvalue weighted by molar-refractivity contribution is 5.88. The number of piperidine rings is 1. The van der Waals surface area contributed by atoms with E-state index >= 15 is 0 Å². The van der Waals surface area contributed by atoms with Gasteiger partial charge in [-0.3, -0.25) is 9.59 Å². The van der Waals surface area contributed by atoms with Gasteiger partial charge >= 0.3 is 0 Å². The molecule has 0 atom stereocenters. The van der Waals surface area contributed by atoms with Gasteiger partial charge in [0.05, 0.1) is 6.54 Å².